The Bertz CT molecular complexity index is 722. The van der Waals surface area contributed by atoms with Gasteiger partial charge in [0.15, 0.2) is 25.0 Å². The quantitative estimate of drug-likeness (QED) is 0.139. The largest absolute Gasteiger partial charge is 0.479 e. The molecule has 3 aliphatic rings. The monoisotopic (exact) mass is 532 g/mol. The summed E-state index contributed by atoms with van der Waals surface area (Å²) in [7, 11) is 1.08. The first-order valence-electron chi connectivity index (χ1n) is 11.0. The number of aliphatic hydroxyl groups is 9. The van der Waals surface area contributed by atoms with Crippen LogP contribution in [-0.4, -0.2) is 169 Å². The van der Waals surface area contributed by atoms with Crippen LogP contribution in [0.2, 0.25) is 0 Å². The van der Waals surface area contributed by atoms with Gasteiger partial charge >= 0.3 is 5.97 Å². The lowest BCUT2D eigenvalue weighted by Crippen LogP contribution is -2.67. The van der Waals surface area contributed by atoms with Crippen molar-refractivity contribution in [2.75, 3.05) is 20.3 Å². The van der Waals surface area contributed by atoms with E-state index in [9.17, 15) is 55.9 Å². The molecule has 17 nitrogen and oxygen atoms in total. The third kappa shape index (κ3) is 5.65. The van der Waals surface area contributed by atoms with E-state index < -0.39 is 111 Å². The van der Waals surface area contributed by atoms with Crippen LogP contribution < -0.4 is 0 Å². The van der Waals surface area contributed by atoms with Crippen molar-refractivity contribution in [2.24, 2.45) is 0 Å². The summed E-state index contributed by atoms with van der Waals surface area (Å²) in [4.78, 5) is 11.7. The van der Waals surface area contributed by atoms with Crippen molar-refractivity contribution in [1.29, 1.82) is 0 Å². The van der Waals surface area contributed by atoms with Gasteiger partial charge in [-0.2, -0.15) is 0 Å². The van der Waals surface area contributed by atoms with E-state index in [4.69, 9.17) is 28.4 Å². The van der Waals surface area contributed by atoms with Gasteiger partial charge in [-0.1, -0.05) is 0 Å². The van der Waals surface area contributed by atoms with Gasteiger partial charge in [0.1, 0.15) is 67.1 Å². The van der Waals surface area contributed by atoms with E-state index in [2.05, 4.69) is 0 Å². The molecular weight excluding hydrogens is 500 g/mol. The lowest BCUT2D eigenvalue weighted by molar-refractivity contribution is -0.386. The molecule has 6 unspecified atom stereocenters. The molecule has 3 heterocycles. The van der Waals surface area contributed by atoms with Gasteiger partial charge in [0.05, 0.1) is 13.2 Å². The number of aliphatic carboxylic acids is 1. The molecule has 0 spiro atoms. The molecule has 0 aliphatic carbocycles. The summed E-state index contributed by atoms with van der Waals surface area (Å²) in [5.74, 6) is -1.64. The van der Waals surface area contributed by atoms with Gasteiger partial charge in [0.2, 0.25) is 0 Å². The van der Waals surface area contributed by atoms with E-state index in [1.165, 1.54) is 0 Å². The van der Waals surface area contributed by atoms with Crippen molar-refractivity contribution < 1.29 is 84.3 Å². The molecule has 3 saturated heterocycles. The number of methoxy groups -OCH3 is 1. The smallest absolute Gasteiger partial charge is 0.335 e. The second kappa shape index (κ2) is 12.2. The average molecular weight is 532 g/mol. The summed E-state index contributed by atoms with van der Waals surface area (Å²) >= 11 is 0. The first kappa shape index (κ1) is 29.4. The van der Waals surface area contributed by atoms with Crippen LogP contribution in [0.1, 0.15) is 0 Å². The molecular formula is C19H32O17. The molecule has 3 rings (SSSR count). The Labute approximate surface area is 203 Å². The van der Waals surface area contributed by atoms with Crippen LogP contribution in [0.4, 0.5) is 0 Å². The molecule has 0 bridgehead atoms. The second-order valence-electron chi connectivity index (χ2n) is 8.59. The maximum atomic E-state index is 11.7. The molecule has 3 aliphatic heterocycles. The number of ether oxygens (including phenoxy) is 6. The fraction of sp³-hybridized carbons (Fsp3) is 0.947. The molecule has 0 aromatic rings. The van der Waals surface area contributed by atoms with Crippen LogP contribution in [0.3, 0.4) is 0 Å². The zero-order chi connectivity index (χ0) is 26.9. The normalized spacial score (nSPS) is 50.1. The van der Waals surface area contributed by atoms with Crippen LogP contribution in [-0.2, 0) is 33.2 Å². The number of aliphatic hydroxyl groups excluding tert-OH is 9. The molecule has 0 radical (unpaired) electrons. The van der Waals surface area contributed by atoms with E-state index in [1.54, 1.807) is 0 Å². The van der Waals surface area contributed by atoms with Crippen LogP contribution in [0.25, 0.3) is 0 Å². The fourth-order valence-corrected chi connectivity index (χ4v) is 4.19. The number of hydrogen-bond donors (Lipinski definition) is 10. The molecule has 3 fully saturated rings. The highest BCUT2D eigenvalue weighted by Crippen LogP contribution is 2.33. The lowest BCUT2D eigenvalue weighted by atomic mass is 9.96. The minimum absolute atomic E-state index is 0.784. The maximum Gasteiger partial charge on any atom is 0.335 e. The Kier molecular flexibility index (Phi) is 9.94. The van der Waals surface area contributed by atoms with E-state index in [1.807, 2.05) is 0 Å². The topological polar surface area (TPSA) is 275 Å². The van der Waals surface area contributed by atoms with Crippen LogP contribution in [0.15, 0.2) is 0 Å². The van der Waals surface area contributed by atoms with Gasteiger partial charge < -0.3 is 79.5 Å². The molecule has 15 atom stereocenters. The highest BCUT2D eigenvalue weighted by Gasteiger charge is 2.55. The Morgan fingerprint density at radius 3 is 1.47 bits per heavy atom. The van der Waals surface area contributed by atoms with Crippen molar-refractivity contribution in [1.82, 2.24) is 0 Å². The van der Waals surface area contributed by atoms with E-state index in [0.29, 0.717) is 0 Å². The zero-order valence-corrected chi connectivity index (χ0v) is 18.9. The molecule has 17 heteroatoms. The van der Waals surface area contributed by atoms with Crippen LogP contribution >= 0.6 is 0 Å². The van der Waals surface area contributed by atoms with E-state index >= 15 is 0 Å². The van der Waals surface area contributed by atoms with Crippen molar-refractivity contribution in [3.8, 4) is 0 Å². The second-order valence-corrected chi connectivity index (χ2v) is 8.59. The first-order valence-corrected chi connectivity index (χ1v) is 11.0. The predicted octanol–water partition coefficient (Wildman–Crippen LogP) is -6.83. The van der Waals surface area contributed by atoms with E-state index in [-0.39, 0.29) is 0 Å². The molecule has 0 amide bonds. The van der Waals surface area contributed by atoms with Crippen molar-refractivity contribution in [2.45, 2.75) is 92.1 Å². The third-order valence-corrected chi connectivity index (χ3v) is 6.27. The van der Waals surface area contributed by atoms with Gasteiger partial charge in [0, 0.05) is 7.11 Å². The number of carboxylic acids is 1. The van der Waals surface area contributed by atoms with Crippen LogP contribution in [0, 0.1) is 0 Å². The van der Waals surface area contributed by atoms with Crippen molar-refractivity contribution >= 4 is 5.97 Å². The van der Waals surface area contributed by atoms with Gasteiger partial charge in [-0.05, 0) is 0 Å². The summed E-state index contributed by atoms with van der Waals surface area (Å²) in [6.45, 7) is -1.58. The number of hydrogen-bond acceptors (Lipinski definition) is 16. The number of carbonyl (C=O) groups is 1. The third-order valence-electron chi connectivity index (χ3n) is 6.27. The van der Waals surface area contributed by atoms with E-state index in [0.717, 1.165) is 7.11 Å². The molecule has 0 aromatic heterocycles. The highest BCUT2D eigenvalue weighted by molar-refractivity contribution is 5.73. The zero-order valence-electron chi connectivity index (χ0n) is 18.9. The van der Waals surface area contributed by atoms with Gasteiger partial charge in [0.25, 0.3) is 0 Å². The standard InChI is InChI=1S/C19H32O17/c1-31-19-15(36-18-11(27)9(25)7(23)5(3-21)33-18)13(12(28)14(35-19)16(29)30)34-17-10(26)8(24)6(22)4(2-20)32-17/h4-15,17-28H,2-3H2,1H3,(H,29,30)/t4?,5?,6-,7+,8+,9+,10?,11?,12-,13+,14?,15?,17+,18+,19-/m1/s1. The molecule has 210 valence electrons. The van der Waals surface area contributed by atoms with Gasteiger partial charge in [-0.3, -0.25) is 0 Å². The lowest BCUT2D eigenvalue weighted by Gasteiger charge is -2.48. The SMILES string of the molecule is CO[C@@H]1OC(C(=O)O)[C@H](O)[C@H](O[C@@H]2OC(CO)[C@@H](O)[C@H](O)C2O)C1O[C@@H]1OC(CO)[C@H](O)[C@H](O)C1O. The van der Waals surface area contributed by atoms with Gasteiger partial charge in [-0.15, -0.1) is 0 Å². The minimum Gasteiger partial charge on any atom is -0.479 e. The Balaban J connectivity index is 1.90. The maximum absolute atomic E-state index is 11.7. The fourth-order valence-electron chi connectivity index (χ4n) is 4.19. The average Bonchev–Trinajstić information content (AvgIpc) is 2.86. The summed E-state index contributed by atoms with van der Waals surface area (Å²) in [6.07, 6.45) is -26.5. The predicted molar refractivity (Wildman–Crippen MR) is 107 cm³/mol. The first-order chi connectivity index (χ1) is 17.0. The van der Waals surface area contributed by atoms with Crippen molar-refractivity contribution in [3.63, 3.8) is 0 Å². The summed E-state index contributed by atoms with van der Waals surface area (Å²) in [6, 6.07) is 0. The molecule has 0 saturated carbocycles. The molecule has 10 N–H and O–H groups in total. The Morgan fingerprint density at radius 2 is 1.08 bits per heavy atom. The van der Waals surface area contributed by atoms with Crippen LogP contribution in [0.5, 0.6) is 0 Å². The Hall–Kier alpha value is -1.13. The summed E-state index contributed by atoms with van der Waals surface area (Å²) < 4.78 is 32.0. The highest BCUT2D eigenvalue weighted by atomic mass is 16.8. The molecule has 0 aromatic carbocycles. The Morgan fingerprint density at radius 1 is 0.639 bits per heavy atom. The molecule has 36 heavy (non-hydrogen) atoms. The summed E-state index contributed by atoms with van der Waals surface area (Å²) in [5, 5.41) is 99.6. The summed E-state index contributed by atoms with van der Waals surface area (Å²) in [5.41, 5.74) is 0. The van der Waals surface area contributed by atoms with Crippen molar-refractivity contribution in [3.05, 3.63) is 0 Å². The van der Waals surface area contributed by atoms with Gasteiger partial charge in [-0.25, -0.2) is 4.79 Å². The number of carboxylic acid groups (broad SMARTS) is 1. The minimum atomic E-state index is -2.05. The number of rotatable bonds is 8.